The Morgan fingerprint density at radius 1 is 1.14 bits per heavy atom. The van der Waals surface area contributed by atoms with Crippen LogP contribution in [0.25, 0.3) is 11.3 Å². The second-order valence-electron chi connectivity index (χ2n) is 6.33. The first-order valence-corrected chi connectivity index (χ1v) is 9.97. The van der Waals surface area contributed by atoms with E-state index in [0.29, 0.717) is 11.3 Å². The van der Waals surface area contributed by atoms with Gasteiger partial charge in [0.25, 0.3) is 0 Å². The summed E-state index contributed by atoms with van der Waals surface area (Å²) < 4.78 is 35.7. The molecular formula is C19H19FN4O3S. The molecule has 1 amide bonds. The molecule has 3 aromatic rings. The minimum Gasteiger partial charge on any atom is -0.352 e. The predicted molar refractivity (Wildman–Crippen MR) is 102 cm³/mol. The lowest BCUT2D eigenvalue weighted by Crippen LogP contribution is -2.25. The first kappa shape index (κ1) is 19.7. The standard InChI is InChI=1S/C19H19FN4O3S/c1-12-17(19(24-23-12)14-4-6-15(20)7-5-14)10-18(25)22-11-13-2-8-16(9-3-13)28(21,26)27/h2-9H,10-11H2,1H3,(H,22,25)(H,23,24)(H2,21,26,27). The lowest BCUT2D eigenvalue weighted by atomic mass is 10.0. The molecule has 7 nitrogen and oxygen atoms in total. The number of nitrogens with one attached hydrogen (secondary N) is 2. The van der Waals surface area contributed by atoms with Gasteiger partial charge in [-0.2, -0.15) is 5.10 Å². The highest BCUT2D eigenvalue weighted by Crippen LogP contribution is 2.24. The van der Waals surface area contributed by atoms with Crippen molar-refractivity contribution in [3.63, 3.8) is 0 Å². The average Bonchev–Trinajstić information content (AvgIpc) is 3.01. The molecule has 0 unspecified atom stereocenters. The Kier molecular flexibility index (Phi) is 5.57. The maximum Gasteiger partial charge on any atom is 0.238 e. The quantitative estimate of drug-likeness (QED) is 0.585. The summed E-state index contributed by atoms with van der Waals surface area (Å²) in [5, 5.41) is 14.9. The topological polar surface area (TPSA) is 118 Å². The van der Waals surface area contributed by atoms with E-state index >= 15 is 0 Å². The van der Waals surface area contributed by atoms with E-state index < -0.39 is 10.0 Å². The summed E-state index contributed by atoms with van der Waals surface area (Å²) in [7, 11) is -3.74. The van der Waals surface area contributed by atoms with E-state index in [2.05, 4.69) is 15.5 Å². The van der Waals surface area contributed by atoms with Gasteiger partial charge in [0.2, 0.25) is 15.9 Å². The van der Waals surface area contributed by atoms with Crippen molar-refractivity contribution in [3.05, 3.63) is 71.2 Å². The Morgan fingerprint density at radius 3 is 2.39 bits per heavy atom. The van der Waals surface area contributed by atoms with Crippen LogP contribution in [0.2, 0.25) is 0 Å². The average molecular weight is 402 g/mol. The van der Waals surface area contributed by atoms with Crippen LogP contribution in [-0.4, -0.2) is 24.5 Å². The fraction of sp³-hybridized carbons (Fsp3) is 0.158. The van der Waals surface area contributed by atoms with E-state index in [1.807, 2.05) is 6.92 Å². The van der Waals surface area contributed by atoms with Crippen LogP contribution in [0.5, 0.6) is 0 Å². The smallest absolute Gasteiger partial charge is 0.238 e. The number of H-pyrrole nitrogens is 1. The third kappa shape index (κ3) is 4.62. The van der Waals surface area contributed by atoms with Crippen molar-refractivity contribution >= 4 is 15.9 Å². The molecule has 0 saturated heterocycles. The van der Waals surface area contributed by atoms with Gasteiger partial charge in [0.1, 0.15) is 5.82 Å². The van der Waals surface area contributed by atoms with Crippen LogP contribution in [0.3, 0.4) is 0 Å². The van der Waals surface area contributed by atoms with Crippen LogP contribution in [-0.2, 0) is 27.8 Å². The van der Waals surface area contributed by atoms with Gasteiger partial charge in [-0.05, 0) is 48.9 Å². The van der Waals surface area contributed by atoms with Crippen LogP contribution in [0.1, 0.15) is 16.8 Å². The molecule has 1 heterocycles. The van der Waals surface area contributed by atoms with Gasteiger partial charge in [0, 0.05) is 23.4 Å². The highest BCUT2D eigenvalue weighted by atomic mass is 32.2. The van der Waals surface area contributed by atoms with Gasteiger partial charge in [-0.15, -0.1) is 0 Å². The molecule has 0 aliphatic heterocycles. The number of benzene rings is 2. The Hall–Kier alpha value is -3.04. The first-order chi connectivity index (χ1) is 13.2. The minimum absolute atomic E-state index is 0.0144. The Labute approximate surface area is 161 Å². The number of nitrogens with two attached hydrogens (primary N) is 1. The fourth-order valence-corrected chi connectivity index (χ4v) is 3.25. The van der Waals surface area contributed by atoms with Gasteiger partial charge in [-0.3, -0.25) is 9.89 Å². The summed E-state index contributed by atoms with van der Waals surface area (Å²) in [4.78, 5) is 12.4. The minimum atomic E-state index is -3.74. The molecular weight excluding hydrogens is 383 g/mol. The van der Waals surface area contributed by atoms with Crippen molar-refractivity contribution in [2.75, 3.05) is 0 Å². The van der Waals surface area contributed by atoms with Crippen LogP contribution in [0, 0.1) is 12.7 Å². The number of halogens is 1. The van der Waals surface area contributed by atoms with Crippen molar-refractivity contribution in [1.82, 2.24) is 15.5 Å². The molecule has 1 aromatic heterocycles. The zero-order chi connectivity index (χ0) is 20.3. The summed E-state index contributed by atoms with van der Waals surface area (Å²) in [6, 6.07) is 11.9. The lowest BCUT2D eigenvalue weighted by molar-refractivity contribution is -0.120. The molecule has 28 heavy (non-hydrogen) atoms. The number of hydrogen-bond acceptors (Lipinski definition) is 4. The molecule has 3 rings (SSSR count). The molecule has 0 aliphatic rings. The van der Waals surface area contributed by atoms with E-state index in [-0.39, 0.29) is 29.6 Å². The second kappa shape index (κ2) is 7.91. The van der Waals surface area contributed by atoms with E-state index in [1.54, 1.807) is 24.3 Å². The van der Waals surface area contributed by atoms with Gasteiger partial charge >= 0.3 is 0 Å². The van der Waals surface area contributed by atoms with Crippen LogP contribution < -0.4 is 10.5 Å². The number of sulfonamides is 1. The number of carbonyl (C=O) groups excluding carboxylic acids is 1. The van der Waals surface area contributed by atoms with E-state index in [1.165, 1.54) is 24.3 Å². The normalized spacial score (nSPS) is 11.4. The molecule has 2 aromatic carbocycles. The van der Waals surface area contributed by atoms with Crippen LogP contribution in [0.4, 0.5) is 4.39 Å². The Balaban J connectivity index is 1.67. The number of rotatable bonds is 6. The fourth-order valence-electron chi connectivity index (χ4n) is 2.74. The number of aromatic amines is 1. The number of aryl methyl sites for hydroxylation is 1. The SMILES string of the molecule is Cc1[nH]nc(-c2ccc(F)cc2)c1CC(=O)NCc1ccc(S(N)(=O)=O)cc1. The van der Waals surface area contributed by atoms with Gasteiger partial charge < -0.3 is 5.32 Å². The lowest BCUT2D eigenvalue weighted by Gasteiger charge is -2.08. The summed E-state index contributed by atoms with van der Waals surface area (Å²) in [6.45, 7) is 2.06. The Morgan fingerprint density at radius 2 is 1.79 bits per heavy atom. The maximum atomic E-state index is 13.1. The molecule has 0 spiro atoms. The van der Waals surface area contributed by atoms with Crippen LogP contribution in [0.15, 0.2) is 53.4 Å². The molecule has 0 radical (unpaired) electrons. The molecule has 146 valence electrons. The maximum absolute atomic E-state index is 13.1. The van der Waals surface area contributed by atoms with Crippen molar-refractivity contribution in [2.24, 2.45) is 5.14 Å². The molecule has 0 atom stereocenters. The van der Waals surface area contributed by atoms with Crippen molar-refractivity contribution in [3.8, 4) is 11.3 Å². The van der Waals surface area contributed by atoms with Gasteiger partial charge in [0.05, 0.1) is 17.0 Å². The number of aromatic nitrogens is 2. The van der Waals surface area contributed by atoms with Crippen molar-refractivity contribution in [1.29, 1.82) is 0 Å². The Bertz CT molecular complexity index is 1090. The number of primary sulfonamides is 1. The van der Waals surface area contributed by atoms with Crippen molar-refractivity contribution in [2.45, 2.75) is 24.8 Å². The second-order valence-corrected chi connectivity index (χ2v) is 7.89. The number of carbonyl (C=O) groups is 1. The summed E-state index contributed by atoms with van der Waals surface area (Å²) in [5.41, 5.74) is 3.54. The number of hydrogen-bond donors (Lipinski definition) is 3. The summed E-state index contributed by atoms with van der Waals surface area (Å²) in [5.74, 6) is -0.563. The van der Waals surface area contributed by atoms with Crippen LogP contribution >= 0.6 is 0 Å². The van der Waals surface area contributed by atoms with Gasteiger partial charge in [-0.1, -0.05) is 12.1 Å². The largest absolute Gasteiger partial charge is 0.352 e. The molecule has 0 bridgehead atoms. The third-order valence-electron chi connectivity index (χ3n) is 4.27. The predicted octanol–water partition coefficient (Wildman–Crippen LogP) is 2.03. The zero-order valence-corrected chi connectivity index (χ0v) is 15.9. The molecule has 0 saturated carbocycles. The zero-order valence-electron chi connectivity index (χ0n) is 15.1. The number of nitrogens with zero attached hydrogens (tertiary/aromatic N) is 1. The van der Waals surface area contributed by atoms with Gasteiger partial charge in [-0.25, -0.2) is 17.9 Å². The van der Waals surface area contributed by atoms with Gasteiger partial charge in [0.15, 0.2) is 0 Å². The third-order valence-corrected chi connectivity index (χ3v) is 5.20. The highest BCUT2D eigenvalue weighted by molar-refractivity contribution is 7.89. The molecule has 9 heteroatoms. The van der Waals surface area contributed by atoms with E-state index in [4.69, 9.17) is 5.14 Å². The number of amides is 1. The van der Waals surface area contributed by atoms with E-state index in [0.717, 1.165) is 16.8 Å². The summed E-state index contributed by atoms with van der Waals surface area (Å²) in [6.07, 6.45) is 0.101. The van der Waals surface area contributed by atoms with E-state index in [9.17, 15) is 17.6 Å². The molecule has 4 N–H and O–H groups in total. The monoisotopic (exact) mass is 402 g/mol. The van der Waals surface area contributed by atoms with Crippen molar-refractivity contribution < 1.29 is 17.6 Å². The summed E-state index contributed by atoms with van der Waals surface area (Å²) >= 11 is 0. The molecule has 0 aliphatic carbocycles. The molecule has 0 fully saturated rings. The first-order valence-electron chi connectivity index (χ1n) is 8.42. The highest BCUT2D eigenvalue weighted by Gasteiger charge is 2.16.